The number of nitrogens with one attached hydrogen (secondary N) is 1. The van der Waals surface area contributed by atoms with E-state index in [4.69, 9.17) is 21.4 Å². The van der Waals surface area contributed by atoms with Gasteiger partial charge >= 0.3 is 0 Å². The number of hydrazone groups is 1. The molecular weight excluding hydrogens is 515 g/mol. The largest absolute Gasteiger partial charge is 0.497 e. The standard InChI is InChI=1S/C27H22ClFN4O3S/c1-36-19-12-8-16(9-13-19)22-14-23(17-6-10-18(28)11-7-17)33(32-22)27-31-26(35)24(37-27)15-25(34)30-21-5-3-2-4-20(21)29/h2-13,23-24H,14-15H2,1H3,(H,30,34)/t23-,24-/m1/s1. The fourth-order valence-corrected chi connectivity index (χ4v) is 5.31. The molecule has 7 nitrogen and oxygen atoms in total. The van der Waals surface area contributed by atoms with Crippen LogP contribution in [0.4, 0.5) is 10.1 Å². The van der Waals surface area contributed by atoms with Crippen molar-refractivity contribution in [2.45, 2.75) is 24.1 Å². The predicted octanol–water partition coefficient (Wildman–Crippen LogP) is 5.67. The van der Waals surface area contributed by atoms with Gasteiger partial charge in [0, 0.05) is 17.9 Å². The maximum atomic E-state index is 13.9. The minimum absolute atomic E-state index is 0.0696. The monoisotopic (exact) mass is 536 g/mol. The molecule has 0 fully saturated rings. The highest BCUT2D eigenvalue weighted by molar-refractivity contribution is 8.15. The van der Waals surface area contributed by atoms with Crippen LogP contribution in [-0.4, -0.2) is 40.1 Å². The number of rotatable bonds is 6. The molecule has 0 saturated heterocycles. The minimum Gasteiger partial charge on any atom is -0.497 e. The van der Waals surface area contributed by atoms with Crippen molar-refractivity contribution in [3.05, 3.63) is 94.8 Å². The van der Waals surface area contributed by atoms with Gasteiger partial charge in [0.25, 0.3) is 5.91 Å². The molecule has 0 aromatic heterocycles. The lowest BCUT2D eigenvalue weighted by molar-refractivity contribution is -0.121. The third kappa shape index (κ3) is 5.52. The SMILES string of the molecule is COc1ccc(C2=NN(C3=NC(=O)[C@@H](CC(=O)Nc4ccccc4F)S3)[C@@H](c3ccc(Cl)cc3)C2)cc1. The summed E-state index contributed by atoms with van der Waals surface area (Å²) < 4.78 is 19.2. The maximum absolute atomic E-state index is 13.9. The Balaban J connectivity index is 1.36. The minimum atomic E-state index is -0.729. The molecule has 2 heterocycles. The molecule has 2 aliphatic rings. The highest BCUT2D eigenvalue weighted by atomic mass is 35.5. The zero-order valence-electron chi connectivity index (χ0n) is 19.7. The fourth-order valence-electron chi connectivity index (χ4n) is 4.13. The van der Waals surface area contributed by atoms with Gasteiger partial charge in [0.15, 0.2) is 5.17 Å². The average molecular weight is 537 g/mol. The second-order valence-electron chi connectivity index (χ2n) is 8.46. The van der Waals surface area contributed by atoms with E-state index in [-0.39, 0.29) is 18.2 Å². The lowest BCUT2D eigenvalue weighted by atomic mass is 9.98. The van der Waals surface area contributed by atoms with Crippen molar-refractivity contribution in [1.82, 2.24) is 5.01 Å². The van der Waals surface area contributed by atoms with Gasteiger partial charge in [-0.05, 0) is 59.7 Å². The van der Waals surface area contributed by atoms with E-state index in [2.05, 4.69) is 10.3 Å². The first-order valence-corrected chi connectivity index (χ1v) is 12.8. The van der Waals surface area contributed by atoms with Crippen LogP contribution in [0.5, 0.6) is 5.75 Å². The van der Waals surface area contributed by atoms with Crippen LogP contribution in [0.3, 0.4) is 0 Å². The molecule has 188 valence electrons. The molecule has 2 amide bonds. The summed E-state index contributed by atoms with van der Waals surface area (Å²) in [6, 6.07) is 20.8. The molecule has 2 atom stereocenters. The number of thioether (sulfide) groups is 1. The van der Waals surface area contributed by atoms with Crippen molar-refractivity contribution in [3.8, 4) is 5.75 Å². The van der Waals surface area contributed by atoms with Gasteiger partial charge in [-0.3, -0.25) is 9.59 Å². The number of amides is 2. The van der Waals surface area contributed by atoms with Crippen molar-refractivity contribution < 1.29 is 18.7 Å². The Hall–Kier alpha value is -3.69. The summed E-state index contributed by atoms with van der Waals surface area (Å²) in [6.07, 6.45) is 0.444. The normalized spacial score (nSPS) is 19.0. The van der Waals surface area contributed by atoms with E-state index in [0.717, 1.165) is 22.6 Å². The zero-order chi connectivity index (χ0) is 25.9. The molecule has 0 radical (unpaired) electrons. The van der Waals surface area contributed by atoms with Gasteiger partial charge in [-0.1, -0.05) is 47.6 Å². The zero-order valence-corrected chi connectivity index (χ0v) is 21.3. The molecule has 5 rings (SSSR count). The van der Waals surface area contributed by atoms with Crippen molar-refractivity contribution >= 4 is 51.7 Å². The van der Waals surface area contributed by atoms with E-state index in [0.29, 0.717) is 16.6 Å². The number of halogens is 2. The Morgan fingerprint density at radius 3 is 2.57 bits per heavy atom. The Bertz CT molecular complexity index is 1400. The second-order valence-corrected chi connectivity index (χ2v) is 10.1. The van der Waals surface area contributed by atoms with Crippen molar-refractivity contribution in [2.75, 3.05) is 12.4 Å². The topological polar surface area (TPSA) is 83.4 Å². The van der Waals surface area contributed by atoms with Gasteiger partial charge < -0.3 is 10.1 Å². The number of ether oxygens (including phenoxy) is 1. The molecule has 2 aliphatic heterocycles. The van der Waals surface area contributed by atoms with Gasteiger partial charge in [0.05, 0.1) is 24.6 Å². The quantitative estimate of drug-likeness (QED) is 0.439. The molecule has 37 heavy (non-hydrogen) atoms. The van der Waals surface area contributed by atoms with E-state index >= 15 is 0 Å². The number of methoxy groups -OCH3 is 1. The van der Waals surface area contributed by atoms with Crippen LogP contribution in [0.15, 0.2) is 82.9 Å². The number of carbonyl (C=O) groups is 2. The Morgan fingerprint density at radius 2 is 1.86 bits per heavy atom. The van der Waals surface area contributed by atoms with Crippen LogP contribution in [-0.2, 0) is 9.59 Å². The van der Waals surface area contributed by atoms with E-state index in [1.165, 1.54) is 30.0 Å². The number of amidine groups is 1. The van der Waals surface area contributed by atoms with Crippen LogP contribution in [0.2, 0.25) is 5.02 Å². The summed E-state index contributed by atoms with van der Waals surface area (Å²) in [4.78, 5) is 29.5. The lowest BCUT2D eigenvalue weighted by Gasteiger charge is -2.23. The van der Waals surface area contributed by atoms with E-state index < -0.39 is 22.9 Å². The van der Waals surface area contributed by atoms with Gasteiger partial charge in [0.1, 0.15) is 16.8 Å². The summed E-state index contributed by atoms with van der Waals surface area (Å²) in [5.74, 6) is -0.690. The second kappa shape index (κ2) is 10.7. The smallest absolute Gasteiger partial charge is 0.262 e. The molecule has 0 saturated carbocycles. The Kier molecular flexibility index (Phi) is 7.25. The molecule has 0 aliphatic carbocycles. The number of para-hydroxylation sites is 1. The first-order chi connectivity index (χ1) is 17.9. The highest BCUT2D eigenvalue weighted by Crippen LogP contribution is 2.39. The fraction of sp³-hybridized carbons (Fsp3) is 0.185. The van der Waals surface area contributed by atoms with Crippen molar-refractivity contribution in [2.24, 2.45) is 10.1 Å². The number of benzene rings is 3. The third-order valence-electron chi connectivity index (χ3n) is 6.03. The van der Waals surface area contributed by atoms with Gasteiger partial charge in [-0.25, -0.2) is 9.40 Å². The van der Waals surface area contributed by atoms with Crippen LogP contribution in [0, 0.1) is 5.82 Å². The molecule has 3 aromatic carbocycles. The number of nitrogens with zero attached hydrogens (tertiary/aromatic N) is 3. The molecule has 1 N–H and O–H groups in total. The van der Waals surface area contributed by atoms with Gasteiger partial charge in [0.2, 0.25) is 5.91 Å². The summed E-state index contributed by atoms with van der Waals surface area (Å²) in [5.41, 5.74) is 2.80. The summed E-state index contributed by atoms with van der Waals surface area (Å²) in [6.45, 7) is 0. The molecule has 0 bridgehead atoms. The lowest BCUT2D eigenvalue weighted by Crippen LogP contribution is -2.25. The number of aliphatic imine (C=N–C) groups is 1. The van der Waals surface area contributed by atoms with Crippen LogP contribution in [0.1, 0.15) is 30.0 Å². The van der Waals surface area contributed by atoms with Crippen LogP contribution >= 0.6 is 23.4 Å². The van der Waals surface area contributed by atoms with E-state index in [1.807, 2.05) is 48.5 Å². The summed E-state index contributed by atoms with van der Waals surface area (Å²) in [5, 5.41) is 9.39. The molecule has 10 heteroatoms. The maximum Gasteiger partial charge on any atom is 0.262 e. The Morgan fingerprint density at radius 1 is 1.14 bits per heavy atom. The third-order valence-corrected chi connectivity index (χ3v) is 7.43. The van der Waals surface area contributed by atoms with Crippen LogP contribution in [0.25, 0.3) is 0 Å². The number of hydrogen-bond acceptors (Lipinski definition) is 6. The predicted molar refractivity (Wildman–Crippen MR) is 144 cm³/mol. The average Bonchev–Trinajstić information content (AvgIpc) is 3.50. The molecular formula is C27H22ClFN4O3S. The van der Waals surface area contributed by atoms with Gasteiger partial charge in [-0.15, -0.1) is 0 Å². The first kappa shape index (κ1) is 25.0. The summed E-state index contributed by atoms with van der Waals surface area (Å²) >= 11 is 7.28. The summed E-state index contributed by atoms with van der Waals surface area (Å²) in [7, 11) is 1.61. The number of anilines is 1. The van der Waals surface area contributed by atoms with E-state index in [1.54, 1.807) is 18.2 Å². The molecule has 0 unspecified atom stereocenters. The molecule has 3 aromatic rings. The number of hydrogen-bond donors (Lipinski definition) is 1. The van der Waals surface area contributed by atoms with Gasteiger partial charge in [-0.2, -0.15) is 10.1 Å². The Labute approximate surface area is 222 Å². The van der Waals surface area contributed by atoms with Crippen LogP contribution < -0.4 is 10.1 Å². The van der Waals surface area contributed by atoms with E-state index in [9.17, 15) is 14.0 Å². The highest BCUT2D eigenvalue weighted by Gasteiger charge is 2.39. The van der Waals surface area contributed by atoms with Crippen molar-refractivity contribution in [3.63, 3.8) is 0 Å². The van der Waals surface area contributed by atoms with Crippen molar-refractivity contribution in [1.29, 1.82) is 0 Å². The number of carbonyl (C=O) groups excluding carboxylic acids is 2. The molecule has 0 spiro atoms. The first-order valence-electron chi connectivity index (χ1n) is 11.5.